The van der Waals surface area contributed by atoms with Crippen molar-refractivity contribution in [3.8, 4) is 0 Å². The van der Waals surface area contributed by atoms with Crippen LogP contribution in [0, 0.1) is 0 Å². The zero-order chi connectivity index (χ0) is 15.0. The Morgan fingerprint density at radius 3 is 2.05 bits per heavy atom. The number of carbonyl (C=O) groups excluding carboxylic acids is 1. The molecule has 0 aliphatic carbocycles. The van der Waals surface area contributed by atoms with Gasteiger partial charge in [-0.25, -0.2) is 32.9 Å². The van der Waals surface area contributed by atoms with Crippen molar-refractivity contribution in [3.05, 3.63) is 31.5 Å². The molecule has 0 bridgehead atoms. The summed E-state index contributed by atoms with van der Waals surface area (Å²) in [6, 6.07) is 0. The molecule has 0 saturated carbocycles. The van der Waals surface area contributed by atoms with Crippen LogP contribution in [-0.4, -0.2) is 19.8 Å². The van der Waals surface area contributed by atoms with Crippen molar-refractivity contribution < 1.29 is 4.79 Å². The first-order valence-electron chi connectivity index (χ1n) is 5.65. The van der Waals surface area contributed by atoms with Gasteiger partial charge in [0, 0.05) is 12.6 Å². The smallest absolute Gasteiger partial charge is 0.248 e. The fraction of sp³-hybridized carbons (Fsp3) is 0.636. The molecule has 0 aliphatic heterocycles. The SMILES string of the molecule is CC(N=C=O)n1c(=O)n(C)c(=O)n(C(C)(C)C)c1=O. The summed E-state index contributed by atoms with van der Waals surface area (Å²) < 4.78 is 2.51. The van der Waals surface area contributed by atoms with Gasteiger partial charge >= 0.3 is 17.1 Å². The van der Waals surface area contributed by atoms with Gasteiger partial charge in [-0.2, -0.15) is 4.99 Å². The maximum Gasteiger partial charge on any atom is 0.338 e. The molecular formula is C11H16N4O4. The van der Waals surface area contributed by atoms with Crippen LogP contribution in [0.5, 0.6) is 0 Å². The van der Waals surface area contributed by atoms with Gasteiger partial charge in [0.1, 0.15) is 6.17 Å². The minimum absolute atomic E-state index is 0.707. The fourth-order valence-electron chi connectivity index (χ4n) is 1.69. The lowest BCUT2D eigenvalue weighted by Gasteiger charge is -2.23. The summed E-state index contributed by atoms with van der Waals surface area (Å²) in [6.45, 7) is 6.39. The maximum absolute atomic E-state index is 12.2. The third-order valence-electron chi connectivity index (χ3n) is 2.65. The van der Waals surface area contributed by atoms with E-state index in [0.717, 1.165) is 13.7 Å². The Morgan fingerprint density at radius 1 is 1.11 bits per heavy atom. The molecule has 0 aliphatic rings. The number of aliphatic imine (C=N–C) groups is 1. The molecule has 1 rings (SSSR count). The van der Waals surface area contributed by atoms with Crippen molar-refractivity contribution in [2.24, 2.45) is 12.0 Å². The van der Waals surface area contributed by atoms with Gasteiger partial charge in [-0.1, -0.05) is 0 Å². The first kappa shape index (κ1) is 14.8. The van der Waals surface area contributed by atoms with Gasteiger partial charge in [0.2, 0.25) is 6.08 Å². The van der Waals surface area contributed by atoms with E-state index < -0.39 is 28.8 Å². The van der Waals surface area contributed by atoms with Crippen LogP contribution < -0.4 is 17.1 Å². The molecule has 1 heterocycles. The largest absolute Gasteiger partial charge is 0.338 e. The normalized spacial score (nSPS) is 12.9. The van der Waals surface area contributed by atoms with Crippen LogP contribution in [0.3, 0.4) is 0 Å². The monoisotopic (exact) mass is 268 g/mol. The topological polar surface area (TPSA) is 95.4 Å². The fourth-order valence-corrected chi connectivity index (χ4v) is 1.69. The standard InChI is InChI=1S/C11H16N4O4/c1-7(12-6-16)14-8(17)13(5)9(18)15(10(14)19)11(2,3)4/h7H,1-5H3. The van der Waals surface area contributed by atoms with Crippen LogP contribution in [0.4, 0.5) is 0 Å². The van der Waals surface area contributed by atoms with Crippen LogP contribution in [0.15, 0.2) is 19.4 Å². The van der Waals surface area contributed by atoms with Crippen LogP contribution in [0.2, 0.25) is 0 Å². The van der Waals surface area contributed by atoms with Crippen molar-refractivity contribution in [1.29, 1.82) is 0 Å². The number of hydrogen-bond acceptors (Lipinski definition) is 5. The van der Waals surface area contributed by atoms with Crippen molar-refractivity contribution in [2.75, 3.05) is 0 Å². The van der Waals surface area contributed by atoms with Crippen molar-refractivity contribution in [2.45, 2.75) is 39.4 Å². The molecule has 1 aromatic rings. The molecule has 0 saturated heterocycles. The summed E-state index contributed by atoms with van der Waals surface area (Å²) in [4.78, 5) is 49.8. The predicted octanol–water partition coefficient (Wildman–Crippen LogP) is -0.682. The third kappa shape index (κ3) is 2.48. The first-order valence-corrected chi connectivity index (χ1v) is 5.65. The van der Waals surface area contributed by atoms with E-state index in [1.54, 1.807) is 20.8 Å². The number of rotatable bonds is 2. The molecule has 104 valence electrons. The number of nitrogens with zero attached hydrogens (tertiary/aromatic N) is 4. The Bertz CT molecular complexity index is 710. The quantitative estimate of drug-likeness (QED) is 0.524. The zero-order valence-corrected chi connectivity index (χ0v) is 11.5. The van der Waals surface area contributed by atoms with Crippen LogP contribution in [0.1, 0.15) is 33.9 Å². The Balaban J connectivity index is 3.94. The molecule has 19 heavy (non-hydrogen) atoms. The summed E-state index contributed by atoms with van der Waals surface area (Å²) in [5.41, 5.74) is -3.12. The Morgan fingerprint density at radius 2 is 1.63 bits per heavy atom. The highest BCUT2D eigenvalue weighted by Crippen LogP contribution is 2.07. The maximum atomic E-state index is 12.2. The molecule has 8 nitrogen and oxygen atoms in total. The van der Waals surface area contributed by atoms with E-state index in [1.807, 2.05) is 0 Å². The average molecular weight is 268 g/mol. The number of hydrogen-bond donors (Lipinski definition) is 0. The molecule has 0 radical (unpaired) electrons. The predicted molar refractivity (Wildman–Crippen MR) is 68.0 cm³/mol. The molecule has 1 atom stereocenters. The van der Waals surface area contributed by atoms with Gasteiger partial charge in [0.15, 0.2) is 0 Å². The molecule has 1 unspecified atom stereocenters. The molecule has 0 aromatic carbocycles. The minimum Gasteiger partial charge on any atom is -0.248 e. The Hall–Kier alpha value is -2.21. The number of aromatic nitrogens is 3. The van der Waals surface area contributed by atoms with Gasteiger partial charge in [-0.15, -0.1) is 0 Å². The summed E-state index contributed by atoms with van der Waals surface area (Å²) in [5.74, 6) is 0. The summed E-state index contributed by atoms with van der Waals surface area (Å²) >= 11 is 0. The summed E-state index contributed by atoms with van der Waals surface area (Å²) in [6.07, 6.45) is 0.277. The van der Waals surface area contributed by atoms with E-state index in [1.165, 1.54) is 20.1 Å². The highest BCUT2D eigenvalue weighted by atomic mass is 16.2. The van der Waals surface area contributed by atoms with Gasteiger partial charge < -0.3 is 0 Å². The van der Waals surface area contributed by atoms with E-state index in [0.29, 0.717) is 0 Å². The second-order valence-corrected chi connectivity index (χ2v) is 5.14. The lowest BCUT2D eigenvalue weighted by Crippen LogP contribution is -2.58. The minimum atomic E-state index is -1.02. The van der Waals surface area contributed by atoms with Gasteiger partial charge in [-0.05, 0) is 27.7 Å². The molecule has 0 amide bonds. The van der Waals surface area contributed by atoms with Gasteiger partial charge in [0.05, 0.1) is 0 Å². The van der Waals surface area contributed by atoms with Gasteiger partial charge in [-0.3, -0.25) is 0 Å². The van der Waals surface area contributed by atoms with E-state index in [2.05, 4.69) is 4.99 Å². The average Bonchev–Trinajstić information content (AvgIpc) is 2.24. The van der Waals surface area contributed by atoms with E-state index in [9.17, 15) is 19.2 Å². The molecule has 1 aromatic heterocycles. The van der Waals surface area contributed by atoms with Crippen molar-refractivity contribution in [1.82, 2.24) is 13.7 Å². The molecule has 0 fully saturated rings. The van der Waals surface area contributed by atoms with Crippen LogP contribution >= 0.6 is 0 Å². The van der Waals surface area contributed by atoms with Gasteiger partial charge in [0.25, 0.3) is 0 Å². The van der Waals surface area contributed by atoms with E-state index >= 15 is 0 Å². The summed E-state index contributed by atoms with van der Waals surface area (Å²) in [5, 5.41) is 0. The number of isocyanates is 1. The lowest BCUT2D eigenvalue weighted by molar-refractivity contribution is 0.316. The molecule has 0 spiro atoms. The van der Waals surface area contributed by atoms with Crippen LogP contribution in [0.25, 0.3) is 0 Å². The first-order chi connectivity index (χ1) is 8.62. The van der Waals surface area contributed by atoms with Crippen molar-refractivity contribution >= 4 is 6.08 Å². The lowest BCUT2D eigenvalue weighted by atomic mass is 10.1. The zero-order valence-electron chi connectivity index (χ0n) is 11.5. The molecule has 0 N–H and O–H groups in total. The molecular weight excluding hydrogens is 252 g/mol. The van der Waals surface area contributed by atoms with Crippen molar-refractivity contribution in [3.63, 3.8) is 0 Å². The van der Waals surface area contributed by atoms with Crippen LogP contribution in [-0.2, 0) is 17.4 Å². The third-order valence-corrected chi connectivity index (χ3v) is 2.65. The highest BCUT2D eigenvalue weighted by molar-refractivity contribution is 5.33. The summed E-state index contributed by atoms with van der Waals surface area (Å²) in [7, 11) is 1.26. The second kappa shape index (κ2) is 4.81. The molecule has 8 heteroatoms. The highest BCUT2D eigenvalue weighted by Gasteiger charge is 2.24. The Labute approximate surface area is 108 Å². The Kier molecular flexibility index (Phi) is 3.76. The van der Waals surface area contributed by atoms with E-state index in [-0.39, 0.29) is 0 Å². The van der Waals surface area contributed by atoms with E-state index in [4.69, 9.17) is 0 Å². The second-order valence-electron chi connectivity index (χ2n) is 5.14.